The Bertz CT molecular complexity index is 879. The summed E-state index contributed by atoms with van der Waals surface area (Å²) < 4.78 is 5.08. The number of hydrogen-bond acceptors (Lipinski definition) is 5. The normalized spacial score (nSPS) is 12.0. The Kier molecular flexibility index (Phi) is 5.96. The van der Waals surface area contributed by atoms with Crippen molar-refractivity contribution in [2.24, 2.45) is 0 Å². The van der Waals surface area contributed by atoms with Gasteiger partial charge in [0.2, 0.25) is 5.89 Å². The molecule has 2 aromatic carbocycles. The van der Waals surface area contributed by atoms with E-state index < -0.39 is 0 Å². The lowest BCUT2D eigenvalue weighted by atomic mass is 10.1. The Labute approximate surface area is 161 Å². The summed E-state index contributed by atoms with van der Waals surface area (Å²) in [5.41, 5.74) is 1.73. The summed E-state index contributed by atoms with van der Waals surface area (Å²) in [4.78, 5) is 17.6. The molecule has 5 nitrogen and oxygen atoms in total. The molecular formula is C19H18ClN3O2S. The van der Waals surface area contributed by atoms with Crippen molar-refractivity contribution in [1.29, 1.82) is 0 Å². The fraction of sp³-hybridized carbons (Fsp3) is 0.211. The van der Waals surface area contributed by atoms with Gasteiger partial charge < -0.3 is 9.84 Å². The summed E-state index contributed by atoms with van der Waals surface area (Å²) in [5.74, 6) is 1.59. The molecular weight excluding hydrogens is 370 g/mol. The maximum atomic E-state index is 12.3. The van der Waals surface area contributed by atoms with Crippen LogP contribution in [0.25, 0.3) is 0 Å². The number of aromatic nitrogens is 2. The third-order valence-electron chi connectivity index (χ3n) is 3.70. The molecule has 0 fully saturated rings. The van der Waals surface area contributed by atoms with Crippen LogP contribution >= 0.6 is 23.4 Å². The molecule has 0 aliphatic carbocycles. The minimum Gasteiger partial charge on any atom is -0.341 e. The number of hydrogen-bond donors (Lipinski definition) is 1. The zero-order valence-electron chi connectivity index (χ0n) is 14.4. The van der Waals surface area contributed by atoms with Crippen LogP contribution in [0.1, 0.15) is 40.6 Å². The van der Waals surface area contributed by atoms with Gasteiger partial charge in [-0.1, -0.05) is 28.9 Å². The number of carbonyl (C=O) groups excluding carboxylic acids is 1. The molecule has 0 saturated carbocycles. The summed E-state index contributed by atoms with van der Waals surface area (Å²) in [6, 6.07) is 15.0. The minimum absolute atomic E-state index is 0.176. The van der Waals surface area contributed by atoms with Gasteiger partial charge in [0.05, 0.1) is 0 Å². The molecule has 3 rings (SSSR count). The number of amides is 1. The van der Waals surface area contributed by atoms with E-state index in [0.717, 1.165) is 21.2 Å². The molecule has 0 bridgehead atoms. The third-order valence-corrected chi connectivity index (χ3v) is 5.03. The molecule has 0 aliphatic heterocycles. The Balaban J connectivity index is 1.56. The van der Waals surface area contributed by atoms with E-state index in [2.05, 4.69) is 15.5 Å². The molecule has 7 heteroatoms. The molecule has 3 aromatic rings. The van der Waals surface area contributed by atoms with Crippen molar-refractivity contribution >= 4 is 29.3 Å². The largest absolute Gasteiger partial charge is 0.341 e. The van der Waals surface area contributed by atoms with Crippen LogP contribution in [0.5, 0.6) is 0 Å². The predicted octanol–water partition coefficient (Wildman–Crippen LogP) is 4.81. The first-order chi connectivity index (χ1) is 12.5. The number of aryl methyl sites for hydroxylation is 1. The van der Waals surface area contributed by atoms with Crippen LogP contribution < -0.4 is 5.32 Å². The number of halogens is 1. The first-order valence-electron chi connectivity index (χ1n) is 8.09. The first kappa shape index (κ1) is 18.5. The zero-order valence-corrected chi connectivity index (χ0v) is 16.0. The van der Waals surface area contributed by atoms with E-state index in [1.807, 2.05) is 55.5 Å². The lowest BCUT2D eigenvalue weighted by Crippen LogP contribution is -2.26. The first-order valence-corrected chi connectivity index (χ1v) is 9.46. The molecule has 1 heterocycles. The number of thioether (sulfide) groups is 1. The van der Waals surface area contributed by atoms with Crippen molar-refractivity contribution in [3.8, 4) is 0 Å². The second kappa shape index (κ2) is 8.38. The smallest absolute Gasteiger partial charge is 0.251 e. The van der Waals surface area contributed by atoms with Gasteiger partial charge in [0, 0.05) is 21.2 Å². The average molecular weight is 388 g/mol. The van der Waals surface area contributed by atoms with Crippen molar-refractivity contribution in [2.75, 3.05) is 0 Å². The minimum atomic E-state index is -0.344. The van der Waals surface area contributed by atoms with Gasteiger partial charge in [-0.2, -0.15) is 4.98 Å². The molecule has 0 saturated heterocycles. The molecule has 1 unspecified atom stereocenters. The number of rotatable bonds is 6. The van der Waals surface area contributed by atoms with Gasteiger partial charge in [0.1, 0.15) is 6.04 Å². The number of nitrogens with one attached hydrogen (secondary N) is 1. The topological polar surface area (TPSA) is 68.0 Å². The van der Waals surface area contributed by atoms with Crippen LogP contribution in [-0.2, 0) is 5.75 Å². The second-order valence-corrected chi connectivity index (χ2v) is 7.30. The fourth-order valence-electron chi connectivity index (χ4n) is 2.28. The van der Waals surface area contributed by atoms with Gasteiger partial charge in [-0.3, -0.25) is 4.79 Å². The van der Waals surface area contributed by atoms with Gasteiger partial charge in [0.15, 0.2) is 5.82 Å². The van der Waals surface area contributed by atoms with Crippen LogP contribution in [0, 0.1) is 6.92 Å². The zero-order chi connectivity index (χ0) is 18.5. The number of carbonyl (C=O) groups is 1. The highest BCUT2D eigenvalue weighted by atomic mass is 35.5. The van der Waals surface area contributed by atoms with Gasteiger partial charge in [-0.05, 0) is 55.8 Å². The van der Waals surface area contributed by atoms with E-state index >= 15 is 0 Å². The summed E-state index contributed by atoms with van der Waals surface area (Å²) in [5, 5.41) is 7.32. The van der Waals surface area contributed by atoms with Gasteiger partial charge in [-0.25, -0.2) is 0 Å². The van der Waals surface area contributed by atoms with Crippen LogP contribution in [0.2, 0.25) is 5.02 Å². The lowest BCUT2D eigenvalue weighted by Gasteiger charge is -2.10. The third kappa shape index (κ3) is 4.86. The van der Waals surface area contributed by atoms with E-state index in [4.69, 9.17) is 16.1 Å². The fourth-order valence-corrected chi connectivity index (χ4v) is 3.26. The average Bonchev–Trinajstić information content (AvgIpc) is 3.08. The van der Waals surface area contributed by atoms with Crippen molar-refractivity contribution in [3.63, 3.8) is 0 Å². The van der Waals surface area contributed by atoms with Gasteiger partial charge in [-0.15, -0.1) is 11.8 Å². The van der Waals surface area contributed by atoms with Crippen LogP contribution in [0.15, 0.2) is 57.9 Å². The molecule has 26 heavy (non-hydrogen) atoms. The predicted molar refractivity (Wildman–Crippen MR) is 102 cm³/mol. The number of benzene rings is 2. The van der Waals surface area contributed by atoms with Gasteiger partial charge >= 0.3 is 0 Å². The van der Waals surface area contributed by atoms with Crippen molar-refractivity contribution in [2.45, 2.75) is 30.5 Å². The van der Waals surface area contributed by atoms with E-state index in [0.29, 0.717) is 17.3 Å². The molecule has 1 atom stereocenters. The van der Waals surface area contributed by atoms with Gasteiger partial charge in [0.25, 0.3) is 5.91 Å². The van der Waals surface area contributed by atoms with Crippen molar-refractivity contribution in [3.05, 3.63) is 76.4 Å². The molecule has 1 N–H and O–H groups in total. The van der Waals surface area contributed by atoms with E-state index in [1.54, 1.807) is 18.7 Å². The van der Waals surface area contributed by atoms with E-state index in [-0.39, 0.29) is 11.9 Å². The summed E-state index contributed by atoms with van der Waals surface area (Å²) in [6.45, 7) is 3.55. The monoisotopic (exact) mass is 387 g/mol. The maximum Gasteiger partial charge on any atom is 0.251 e. The molecule has 0 aliphatic rings. The SMILES string of the molecule is Cc1noc(C(C)NC(=O)c2ccc(CSc3ccc(Cl)cc3)cc2)n1. The highest BCUT2D eigenvalue weighted by molar-refractivity contribution is 7.98. The quantitative estimate of drug-likeness (QED) is 0.614. The summed E-state index contributed by atoms with van der Waals surface area (Å²) in [7, 11) is 0. The van der Waals surface area contributed by atoms with E-state index in [9.17, 15) is 4.79 Å². The molecule has 0 spiro atoms. The van der Waals surface area contributed by atoms with Crippen LogP contribution in [-0.4, -0.2) is 16.0 Å². The Morgan fingerprint density at radius 1 is 1.19 bits per heavy atom. The number of nitrogens with zero attached hydrogens (tertiary/aromatic N) is 2. The van der Waals surface area contributed by atoms with Crippen LogP contribution in [0.4, 0.5) is 0 Å². The Hall–Kier alpha value is -2.31. The Morgan fingerprint density at radius 3 is 2.50 bits per heavy atom. The maximum absolute atomic E-state index is 12.3. The van der Waals surface area contributed by atoms with Crippen LogP contribution in [0.3, 0.4) is 0 Å². The van der Waals surface area contributed by atoms with Crippen molar-refractivity contribution < 1.29 is 9.32 Å². The summed E-state index contributed by atoms with van der Waals surface area (Å²) in [6.07, 6.45) is 0. The van der Waals surface area contributed by atoms with E-state index in [1.165, 1.54) is 0 Å². The molecule has 0 radical (unpaired) electrons. The highest BCUT2D eigenvalue weighted by Gasteiger charge is 2.16. The standard InChI is InChI=1S/C19H18ClN3O2S/c1-12(19-22-13(2)23-25-19)21-18(24)15-5-3-14(4-6-15)11-26-17-9-7-16(20)8-10-17/h3-10,12H,11H2,1-2H3,(H,21,24). The Morgan fingerprint density at radius 2 is 1.88 bits per heavy atom. The molecule has 134 valence electrons. The summed E-state index contributed by atoms with van der Waals surface area (Å²) >= 11 is 7.61. The molecule has 1 amide bonds. The lowest BCUT2D eigenvalue weighted by molar-refractivity contribution is 0.0932. The molecule has 1 aromatic heterocycles. The highest BCUT2D eigenvalue weighted by Crippen LogP contribution is 2.24. The second-order valence-electron chi connectivity index (χ2n) is 5.81. The van der Waals surface area contributed by atoms with Crippen molar-refractivity contribution in [1.82, 2.24) is 15.5 Å².